The summed E-state index contributed by atoms with van der Waals surface area (Å²) in [5.41, 5.74) is 2.59. The lowest BCUT2D eigenvalue weighted by atomic mass is 10.0. The molecule has 5 heteroatoms. The van der Waals surface area contributed by atoms with Gasteiger partial charge in [0.15, 0.2) is 0 Å². The van der Waals surface area contributed by atoms with Crippen molar-refractivity contribution in [3.05, 3.63) is 17.5 Å². The third-order valence-corrected chi connectivity index (χ3v) is 4.92. The summed E-state index contributed by atoms with van der Waals surface area (Å²) in [5, 5.41) is 8.38. The van der Waals surface area contributed by atoms with Crippen LogP contribution in [-0.4, -0.2) is 40.4 Å². The van der Waals surface area contributed by atoms with Crippen molar-refractivity contribution in [2.75, 3.05) is 19.6 Å². The van der Waals surface area contributed by atoms with Crippen molar-refractivity contribution < 1.29 is 0 Å². The Labute approximate surface area is 141 Å². The minimum Gasteiger partial charge on any atom is -0.314 e. The van der Waals surface area contributed by atoms with E-state index >= 15 is 0 Å². The topological polar surface area (TPSA) is 33.1 Å². The Bertz CT molecular complexity index is 459. The predicted octanol–water partition coefficient (Wildman–Crippen LogP) is 3.16. The standard InChI is InChI=1S/C17H30N4.ClH/c1-13(2)21-12-16(14(3)19-21)11-20-8-6-17(7-9-20)18-10-15-4-5-15;/h12-13,15,17-18H,4-11H2,1-3H3;1H. The number of nitrogens with zero attached hydrogens (tertiary/aromatic N) is 3. The number of rotatable bonds is 6. The van der Waals surface area contributed by atoms with Crippen LogP contribution < -0.4 is 5.32 Å². The summed E-state index contributed by atoms with van der Waals surface area (Å²) < 4.78 is 2.09. The highest BCUT2D eigenvalue weighted by atomic mass is 35.5. The van der Waals surface area contributed by atoms with Crippen molar-refractivity contribution in [2.24, 2.45) is 5.92 Å². The summed E-state index contributed by atoms with van der Waals surface area (Å²) in [4.78, 5) is 2.59. The fourth-order valence-electron chi connectivity index (χ4n) is 3.13. The molecule has 126 valence electrons. The van der Waals surface area contributed by atoms with Gasteiger partial charge in [0.1, 0.15) is 0 Å². The average molecular weight is 327 g/mol. The molecule has 0 radical (unpaired) electrons. The van der Waals surface area contributed by atoms with Crippen molar-refractivity contribution in [2.45, 2.75) is 65.1 Å². The Hall–Kier alpha value is -0.580. The van der Waals surface area contributed by atoms with E-state index in [-0.39, 0.29) is 12.4 Å². The number of aromatic nitrogens is 2. The van der Waals surface area contributed by atoms with Crippen molar-refractivity contribution in [1.29, 1.82) is 0 Å². The summed E-state index contributed by atoms with van der Waals surface area (Å²) in [6.07, 6.45) is 7.72. The molecule has 1 saturated carbocycles. The highest BCUT2D eigenvalue weighted by Gasteiger charge is 2.24. The molecule has 0 spiro atoms. The first-order valence-electron chi connectivity index (χ1n) is 8.62. The van der Waals surface area contributed by atoms with Gasteiger partial charge in [0.2, 0.25) is 0 Å². The van der Waals surface area contributed by atoms with E-state index in [0.29, 0.717) is 6.04 Å². The highest BCUT2D eigenvalue weighted by Crippen LogP contribution is 2.28. The SMILES string of the molecule is Cc1nn(C(C)C)cc1CN1CCC(NCC2CC2)CC1.Cl. The molecule has 22 heavy (non-hydrogen) atoms. The second-order valence-electron chi connectivity index (χ2n) is 7.22. The van der Waals surface area contributed by atoms with Crippen LogP contribution in [0.5, 0.6) is 0 Å². The molecule has 0 atom stereocenters. The van der Waals surface area contributed by atoms with Crippen molar-refractivity contribution in [3.63, 3.8) is 0 Å². The van der Waals surface area contributed by atoms with E-state index in [2.05, 4.69) is 47.0 Å². The minimum absolute atomic E-state index is 0. The van der Waals surface area contributed by atoms with Gasteiger partial charge in [0, 0.05) is 30.4 Å². The molecule has 1 aliphatic heterocycles. The van der Waals surface area contributed by atoms with Gasteiger partial charge in [-0.3, -0.25) is 9.58 Å². The maximum atomic E-state index is 4.62. The van der Waals surface area contributed by atoms with Crippen molar-refractivity contribution >= 4 is 12.4 Å². The summed E-state index contributed by atoms with van der Waals surface area (Å²) in [6, 6.07) is 1.20. The second-order valence-corrected chi connectivity index (χ2v) is 7.22. The van der Waals surface area contributed by atoms with Gasteiger partial charge < -0.3 is 5.32 Å². The van der Waals surface area contributed by atoms with E-state index in [4.69, 9.17) is 0 Å². The Morgan fingerprint density at radius 2 is 1.91 bits per heavy atom. The van der Waals surface area contributed by atoms with E-state index in [0.717, 1.165) is 18.5 Å². The number of likely N-dealkylation sites (tertiary alicyclic amines) is 1. The summed E-state index contributed by atoms with van der Waals surface area (Å²) in [5.74, 6) is 0.993. The number of halogens is 1. The molecule has 1 saturated heterocycles. The van der Waals surface area contributed by atoms with Crippen LogP contribution in [0.15, 0.2) is 6.20 Å². The van der Waals surface area contributed by atoms with Crippen LogP contribution in [0.4, 0.5) is 0 Å². The minimum atomic E-state index is 0. The van der Waals surface area contributed by atoms with Gasteiger partial charge in [-0.1, -0.05) is 0 Å². The van der Waals surface area contributed by atoms with Gasteiger partial charge in [-0.15, -0.1) is 12.4 Å². The number of nitrogens with one attached hydrogen (secondary N) is 1. The van der Waals surface area contributed by atoms with Crippen LogP contribution in [0.25, 0.3) is 0 Å². The predicted molar refractivity (Wildman–Crippen MR) is 93.6 cm³/mol. The van der Waals surface area contributed by atoms with E-state index < -0.39 is 0 Å². The first-order chi connectivity index (χ1) is 10.1. The average Bonchev–Trinajstić information content (AvgIpc) is 3.22. The van der Waals surface area contributed by atoms with E-state index in [9.17, 15) is 0 Å². The van der Waals surface area contributed by atoms with Gasteiger partial charge in [0.05, 0.1) is 5.69 Å². The Kier molecular flexibility index (Phi) is 6.30. The van der Waals surface area contributed by atoms with E-state index in [1.165, 1.54) is 56.6 Å². The molecule has 1 aromatic heterocycles. The first kappa shape index (κ1) is 17.8. The Morgan fingerprint density at radius 1 is 1.23 bits per heavy atom. The second kappa shape index (κ2) is 7.80. The fraction of sp³-hybridized carbons (Fsp3) is 0.824. The van der Waals surface area contributed by atoms with Crippen LogP contribution in [0.2, 0.25) is 0 Å². The first-order valence-corrected chi connectivity index (χ1v) is 8.62. The summed E-state index contributed by atoms with van der Waals surface area (Å²) in [7, 11) is 0. The lowest BCUT2D eigenvalue weighted by Crippen LogP contribution is -2.42. The molecule has 0 unspecified atom stereocenters. The molecule has 2 aliphatic rings. The van der Waals surface area contributed by atoms with Crippen LogP contribution in [0, 0.1) is 12.8 Å². The molecule has 1 aliphatic carbocycles. The molecule has 0 bridgehead atoms. The smallest absolute Gasteiger partial charge is 0.0638 e. The third-order valence-electron chi connectivity index (χ3n) is 4.92. The van der Waals surface area contributed by atoms with Gasteiger partial charge in [-0.2, -0.15) is 5.10 Å². The zero-order valence-corrected chi connectivity index (χ0v) is 15.0. The fourth-order valence-corrected chi connectivity index (χ4v) is 3.13. The van der Waals surface area contributed by atoms with E-state index in [1.54, 1.807) is 0 Å². The van der Waals surface area contributed by atoms with Gasteiger partial charge in [0.25, 0.3) is 0 Å². The monoisotopic (exact) mass is 326 g/mol. The third kappa shape index (κ3) is 4.71. The maximum Gasteiger partial charge on any atom is 0.0638 e. The summed E-state index contributed by atoms with van der Waals surface area (Å²) in [6.45, 7) is 11.3. The molecular weight excluding hydrogens is 296 g/mol. The lowest BCUT2D eigenvalue weighted by molar-refractivity contribution is 0.190. The molecular formula is C17H31ClN4. The molecule has 3 rings (SSSR count). The molecule has 0 aromatic carbocycles. The number of hydrogen-bond acceptors (Lipinski definition) is 3. The largest absolute Gasteiger partial charge is 0.314 e. The Morgan fingerprint density at radius 3 is 2.45 bits per heavy atom. The van der Waals surface area contributed by atoms with Crippen LogP contribution >= 0.6 is 12.4 Å². The van der Waals surface area contributed by atoms with Crippen LogP contribution in [0.1, 0.15) is 56.8 Å². The Balaban J connectivity index is 0.00000176. The maximum absolute atomic E-state index is 4.62. The van der Waals surface area contributed by atoms with Crippen LogP contribution in [0.3, 0.4) is 0 Å². The normalized spacial score (nSPS) is 20.4. The van der Waals surface area contributed by atoms with Gasteiger partial charge in [-0.05, 0) is 72.0 Å². The van der Waals surface area contributed by atoms with Crippen LogP contribution in [-0.2, 0) is 6.54 Å². The zero-order valence-electron chi connectivity index (χ0n) is 14.2. The highest BCUT2D eigenvalue weighted by molar-refractivity contribution is 5.85. The summed E-state index contributed by atoms with van der Waals surface area (Å²) >= 11 is 0. The lowest BCUT2D eigenvalue weighted by Gasteiger charge is -2.32. The zero-order chi connectivity index (χ0) is 14.8. The quantitative estimate of drug-likeness (QED) is 0.871. The van der Waals surface area contributed by atoms with Gasteiger partial charge in [-0.25, -0.2) is 0 Å². The molecule has 2 heterocycles. The molecule has 4 nitrogen and oxygen atoms in total. The molecule has 2 fully saturated rings. The molecule has 1 aromatic rings. The van der Waals surface area contributed by atoms with E-state index in [1.807, 2.05) is 0 Å². The number of hydrogen-bond donors (Lipinski definition) is 1. The molecule has 0 amide bonds. The van der Waals surface area contributed by atoms with Crippen molar-refractivity contribution in [1.82, 2.24) is 20.0 Å². The molecule has 1 N–H and O–H groups in total. The van der Waals surface area contributed by atoms with Gasteiger partial charge >= 0.3 is 0 Å². The number of piperidine rings is 1. The number of aryl methyl sites for hydroxylation is 1. The van der Waals surface area contributed by atoms with Crippen molar-refractivity contribution in [3.8, 4) is 0 Å².